The number of rotatable bonds is 9. The third-order valence-electron chi connectivity index (χ3n) is 9.09. The first kappa shape index (κ1) is 27.2. The molecule has 212 valence electrons. The van der Waals surface area contributed by atoms with Crippen molar-refractivity contribution in [1.29, 1.82) is 0 Å². The number of benzene rings is 2. The van der Waals surface area contributed by atoms with Gasteiger partial charge in [-0.05, 0) is 55.7 Å². The number of hydrogen-bond donors (Lipinski definition) is 1. The van der Waals surface area contributed by atoms with Crippen molar-refractivity contribution in [1.82, 2.24) is 24.3 Å². The molecular weight excluding hydrogens is 522 g/mol. The Kier molecular flexibility index (Phi) is 7.79. The van der Waals surface area contributed by atoms with E-state index in [-0.39, 0.29) is 22.8 Å². The van der Waals surface area contributed by atoms with E-state index >= 15 is 0 Å². The maximum atomic E-state index is 13.6. The van der Waals surface area contributed by atoms with Gasteiger partial charge in [0.05, 0.1) is 23.6 Å². The summed E-state index contributed by atoms with van der Waals surface area (Å²) in [7, 11) is -3.62. The van der Waals surface area contributed by atoms with Gasteiger partial charge in [0.1, 0.15) is 4.90 Å². The van der Waals surface area contributed by atoms with Crippen molar-refractivity contribution in [2.24, 2.45) is 17.8 Å². The second-order valence-electron chi connectivity index (χ2n) is 11.7. The van der Waals surface area contributed by atoms with Gasteiger partial charge >= 0.3 is 0 Å². The standard InChI is InChI=1S/C31H39N5O3S/c1-23-30(18-32-36(23)28-14-6-3-7-15-28)40(38,39)35-21-26-19-34(20-27(26)22-35)17-16-29(24-10-4-2-5-11-24)33-31(37)25-12-8-9-13-25/h2-7,10-11,14-15,18,25-27,29H,8-9,12-13,16-17,19-22H2,1H3,(H,33,37)/t26-,27?,29?/m0/s1. The maximum absolute atomic E-state index is 13.6. The lowest BCUT2D eigenvalue weighted by atomic mass is 10.0. The average molecular weight is 562 g/mol. The molecule has 0 radical (unpaired) electrons. The van der Waals surface area contributed by atoms with Gasteiger partial charge in [-0.2, -0.15) is 9.40 Å². The Hall–Kier alpha value is -3.01. The molecule has 1 aliphatic carbocycles. The Morgan fingerprint density at radius 1 is 0.950 bits per heavy atom. The Bertz CT molecular complexity index is 1410. The highest BCUT2D eigenvalue weighted by molar-refractivity contribution is 7.89. The molecule has 2 aliphatic heterocycles. The third-order valence-corrected chi connectivity index (χ3v) is 11.0. The van der Waals surface area contributed by atoms with Crippen LogP contribution in [0.1, 0.15) is 49.4 Å². The van der Waals surface area contributed by atoms with Gasteiger partial charge in [-0.1, -0.05) is 61.4 Å². The predicted molar refractivity (Wildman–Crippen MR) is 154 cm³/mol. The molecule has 3 fully saturated rings. The molecule has 1 N–H and O–H groups in total. The lowest BCUT2D eigenvalue weighted by Crippen LogP contribution is -2.36. The normalized spacial score (nSPS) is 22.9. The largest absolute Gasteiger partial charge is 0.349 e. The lowest BCUT2D eigenvalue weighted by Gasteiger charge is -2.25. The van der Waals surface area contributed by atoms with Crippen LogP contribution in [0.5, 0.6) is 0 Å². The number of carbonyl (C=O) groups is 1. The summed E-state index contributed by atoms with van der Waals surface area (Å²) < 4.78 is 30.6. The lowest BCUT2D eigenvalue weighted by molar-refractivity contribution is -0.125. The molecule has 3 heterocycles. The van der Waals surface area contributed by atoms with E-state index in [1.54, 1.807) is 8.99 Å². The smallest absolute Gasteiger partial charge is 0.246 e. The van der Waals surface area contributed by atoms with E-state index in [1.807, 2.05) is 55.5 Å². The Morgan fingerprint density at radius 2 is 1.57 bits per heavy atom. The van der Waals surface area contributed by atoms with E-state index in [4.69, 9.17) is 0 Å². The minimum absolute atomic E-state index is 0.00394. The van der Waals surface area contributed by atoms with Crippen LogP contribution in [-0.2, 0) is 14.8 Å². The van der Waals surface area contributed by atoms with Crippen molar-refractivity contribution in [3.8, 4) is 5.69 Å². The molecule has 3 aliphatic rings. The molecule has 3 aromatic rings. The number of nitrogens with zero attached hydrogens (tertiary/aromatic N) is 4. The molecule has 40 heavy (non-hydrogen) atoms. The zero-order valence-corrected chi connectivity index (χ0v) is 24.0. The van der Waals surface area contributed by atoms with Crippen LogP contribution in [-0.4, -0.2) is 66.0 Å². The monoisotopic (exact) mass is 561 g/mol. The van der Waals surface area contributed by atoms with E-state index in [1.165, 1.54) is 6.20 Å². The number of sulfonamides is 1. The molecule has 2 saturated heterocycles. The first-order valence-corrected chi connectivity index (χ1v) is 16.0. The summed E-state index contributed by atoms with van der Waals surface area (Å²) in [5.41, 5.74) is 2.64. The van der Waals surface area contributed by atoms with Crippen LogP contribution >= 0.6 is 0 Å². The summed E-state index contributed by atoms with van der Waals surface area (Å²) in [6, 6.07) is 19.9. The Labute approximate surface area is 237 Å². The van der Waals surface area contributed by atoms with Gasteiger partial charge < -0.3 is 10.2 Å². The van der Waals surface area contributed by atoms with Gasteiger partial charge in [-0.15, -0.1) is 0 Å². The summed E-state index contributed by atoms with van der Waals surface area (Å²) in [5.74, 6) is 0.982. The van der Waals surface area contributed by atoms with Crippen molar-refractivity contribution in [3.05, 3.63) is 78.1 Å². The molecule has 2 aromatic carbocycles. The molecule has 1 aromatic heterocycles. The van der Waals surface area contributed by atoms with Crippen LogP contribution in [0, 0.1) is 24.7 Å². The fraction of sp³-hybridized carbons (Fsp3) is 0.484. The van der Waals surface area contributed by atoms with Gasteiger partial charge in [0, 0.05) is 38.6 Å². The second-order valence-corrected chi connectivity index (χ2v) is 13.6. The first-order valence-electron chi connectivity index (χ1n) is 14.6. The molecule has 8 nitrogen and oxygen atoms in total. The van der Waals surface area contributed by atoms with Crippen LogP contribution in [0.15, 0.2) is 71.8 Å². The highest BCUT2D eigenvalue weighted by Crippen LogP contribution is 2.36. The van der Waals surface area contributed by atoms with Gasteiger partial charge in [-0.3, -0.25) is 4.79 Å². The number of carbonyl (C=O) groups excluding carboxylic acids is 1. The zero-order chi connectivity index (χ0) is 27.7. The predicted octanol–water partition coefficient (Wildman–Crippen LogP) is 4.17. The fourth-order valence-electron chi connectivity index (χ4n) is 6.84. The molecule has 0 bridgehead atoms. The molecule has 6 rings (SSSR count). The molecule has 9 heteroatoms. The van der Waals surface area contributed by atoms with Gasteiger partial charge in [0.15, 0.2) is 0 Å². The number of nitrogens with one attached hydrogen (secondary N) is 1. The summed E-state index contributed by atoms with van der Waals surface area (Å²) in [4.78, 5) is 15.7. The van der Waals surface area contributed by atoms with E-state index in [9.17, 15) is 13.2 Å². The molecule has 3 atom stereocenters. The van der Waals surface area contributed by atoms with E-state index in [0.717, 1.165) is 63.0 Å². The Morgan fingerprint density at radius 3 is 2.23 bits per heavy atom. The van der Waals surface area contributed by atoms with Crippen molar-refractivity contribution < 1.29 is 13.2 Å². The quantitative estimate of drug-likeness (QED) is 0.424. The minimum Gasteiger partial charge on any atom is -0.349 e. The first-order chi connectivity index (χ1) is 19.4. The summed E-state index contributed by atoms with van der Waals surface area (Å²) >= 11 is 0. The van der Waals surface area contributed by atoms with Crippen LogP contribution in [0.25, 0.3) is 5.69 Å². The SMILES string of the molecule is Cc1c(S(=O)(=O)N2CC3CN(CCC(NC(=O)C4CCCC4)c4ccccc4)C[C@H]3C2)cnn1-c1ccccc1. The van der Waals surface area contributed by atoms with Gasteiger partial charge in [0.2, 0.25) is 15.9 Å². The van der Waals surface area contributed by atoms with Crippen molar-refractivity contribution >= 4 is 15.9 Å². The Balaban J connectivity index is 1.07. The van der Waals surface area contributed by atoms with Crippen molar-refractivity contribution in [2.45, 2.75) is 50.0 Å². The average Bonchev–Trinajstić information content (AvgIpc) is 3.76. The van der Waals surface area contributed by atoms with Crippen LogP contribution in [0.3, 0.4) is 0 Å². The third kappa shape index (κ3) is 5.47. The van der Waals surface area contributed by atoms with Gasteiger partial charge in [-0.25, -0.2) is 13.1 Å². The van der Waals surface area contributed by atoms with E-state index < -0.39 is 10.0 Å². The number of para-hydroxylation sites is 1. The maximum Gasteiger partial charge on any atom is 0.246 e. The summed E-state index contributed by atoms with van der Waals surface area (Å²) in [6.07, 6.45) is 6.62. The molecular formula is C31H39N5O3S. The molecule has 1 saturated carbocycles. The zero-order valence-electron chi connectivity index (χ0n) is 23.2. The summed E-state index contributed by atoms with van der Waals surface area (Å²) in [6.45, 7) is 5.56. The van der Waals surface area contributed by atoms with Crippen LogP contribution in [0.2, 0.25) is 0 Å². The minimum atomic E-state index is -3.62. The van der Waals surface area contributed by atoms with E-state index in [2.05, 4.69) is 27.4 Å². The van der Waals surface area contributed by atoms with E-state index in [0.29, 0.717) is 30.6 Å². The van der Waals surface area contributed by atoms with Crippen molar-refractivity contribution in [2.75, 3.05) is 32.7 Å². The highest BCUT2D eigenvalue weighted by Gasteiger charge is 2.45. The number of hydrogen-bond acceptors (Lipinski definition) is 5. The fourth-order valence-corrected chi connectivity index (χ4v) is 8.53. The molecule has 2 unspecified atom stereocenters. The summed E-state index contributed by atoms with van der Waals surface area (Å²) in [5, 5.41) is 7.74. The number of fused-ring (bicyclic) bond motifs is 1. The molecule has 1 amide bonds. The molecule has 0 spiro atoms. The number of likely N-dealkylation sites (tertiary alicyclic amines) is 1. The van der Waals surface area contributed by atoms with Gasteiger partial charge in [0.25, 0.3) is 0 Å². The van der Waals surface area contributed by atoms with Crippen LogP contribution in [0.4, 0.5) is 0 Å². The number of amides is 1. The van der Waals surface area contributed by atoms with Crippen molar-refractivity contribution in [3.63, 3.8) is 0 Å². The topological polar surface area (TPSA) is 87.5 Å². The van der Waals surface area contributed by atoms with Crippen LogP contribution < -0.4 is 5.32 Å². The number of aromatic nitrogens is 2. The highest BCUT2D eigenvalue weighted by atomic mass is 32.2. The second kappa shape index (κ2) is 11.5.